The van der Waals surface area contributed by atoms with Gasteiger partial charge in [-0.25, -0.2) is 0 Å². The zero-order chi connectivity index (χ0) is 16.9. The second kappa shape index (κ2) is 6.79. The van der Waals surface area contributed by atoms with E-state index in [1.54, 1.807) is 11.1 Å². The second-order valence-electron chi connectivity index (χ2n) is 6.14. The Morgan fingerprint density at radius 1 is 1.39 bits per heavy atom. The molecule has 0 bridgehead atoms. The molecule has 1 aromatic rings. The summed E-state index contributed by atoms with van der Waals surface area (Å²) in [5, 5.41) is 19.3. The smallest absolute Gasteiger partial charge is 0.243 e. The lowest BCUT2D eigenvalue weighted by Crippen LogP contribution is -2.52. The molecular weight excluding hydrogens is 288 g/mol. The third-order valence-electron chi connectivity index (χ3n) is 4.98. The topological polar surface area (TPSA) is 80.8 Å². The summed E-state index contributed by atoms with van der Waals surface area (Å²) in [4.78, 5) is 19.0. The Hall–Kier alpha value is -2.40. The van der Waals surface area contributed by atoms with Gasteiger partial charge in [0.15, 0.2) is 0 Å². The maximum absolute atomic E-state index is 12.9. The SMILES string of the molecule is CCC(C#N)(CC)C(=O)N1CCCC(C#N)(c2ccccn2)C1. The number of carbonyl (C=O) groups excluding carboxylic acids is 1. The molecule has 1 fully saturated rings. The van der Waals surface area contributed by atoms with Gasteiger partial charge in [0.25, 0.3) is 0 Å². The number of hydrogen-bond acceptors (Lipinski definition) is 4. The molecule has 5 nitrogen and oxygen atoms in total. The average molecular weight is 310 g/mol. The van der Waals surface area contributed by atoms with Crippen LogP contribution in [0.3, 0.4) is 0 Å². The largest absolute Gasteiger partial charge is 0.339 e. The number of nitrogens with zero attached hydrogens (tertiary/aromatic N) is 4. The van der Waals surface area contributed by atoms with Crippen LogP contribution in [0.1, 0.15) is 45.2 Å². The van der Waals surface area contributed by atoms with Gasteiger partial charge < -0.3 is 4.90 Å². The minimum atomic E-state index is -0.983. The molecule has 0 spiro atoms. The van der Waals surface area contributed by atoms with Gasteiger partial charge in [-0.3, -0.25) is 9.78 Å². The molecule has 1 aliphatic rings. The van der Waals surface area contributed by atoms with Crippen LogP contribution >= 0.6 is 0 Å². The third kappa shape index (κ3) is 2.92. The quantitative estimate of drug-likeness (QED) is 0.856. The van der Waals surface area contributed by atoms with Crippen molar-refractivity contribution in [3.05, 3.63) is 30.1 Å². The van der Waals surface area contributed by atoms with Crippen LogP contribution in [0.15, 0.2) is 24.4 Å². The summed E-state index contributed by atoms with van der Waals surface area (Å²) in [5.74, 6) is -0.153. The molecule has 0 radical (unpaired) electrons. The van der Waals surface area contributed by atoms with Crippen LogP contribution in [-0.4, -0.2) is 28.9 Å². The number of aromatic nitrogens is 1. The van der Waals surface area contributed by atoms with Crippen LogP contribution in [0.2, 0.25) is 0 Å². The number of carbonyl (C=O) groups is 1. The van der Waals surface area contributed by atoms with Gasteiger partial charge in [0.2, 0.25) is 5.91 Å². The Balaban J connectivity index is 2.32. The van der Waals surface area contributed by atoms with E-state index in [1.165, 1.54) is 0 Å². The maximum atomic E-state index is 12.9. The molecule has 0 aliphatic carbocycles. The van der Waals surface area contributed by atoms with Crippen molar-refractivity contribution < 1.29 is 4.79 Å². The van der Waals surface area contributed by atoms with Crippen molar-refractivity contribution in [3.63, 3.8) is 0 Å². The molecule has 2 rings (SSSR count). The van der Waals surface area contributed by atoms with E-state index in [9.17, 15) is 15.3 Å². The lowest BCUT2D eigenvalue weighted by molar-refractivity contribution is -0.141. The summed E-state index contributed by atoms with van der Waals surface area (Å²) in [5.41, 5.74) is -1.06. The Labute approximate surface area is 137 Å². The van der Waals surface area contributed by atoms with E-state index in [0.717, 1.165) is 6.42 Å². The minimum absolute atomic E-state index is 0.153. The number of hydrogen-bond donors (Lipinski definition) is 0. The summed E-state index contributed by atoms with van der Waals surface area (Å²) in [6.45, 7) is 4.64. The minimum Gasteiger partial charge on any atom is -0.339 e. The Morgan fingerprint density at radius 3 is 2.65 bits per heavy atom. The summed E-state index contributed by atoms with van der Waals surface area (Å²) in [7, 11) is 0. The monoisotopic (exact) mass is 310 g/mol. The van der Waals surface area contributed by atoms with Gasteiger partial charge in [-0.15, -0.1) is 0 Å². The third-order valence-corrected chi connectivity index (χ3v) is 4.98. The summed E-state index contributed by atoms with van der Waals surface area (Å²) in [6, 6.07) is 10.1. The lowest BCUT2D eigenvalue weighted by atomic mass is 9.76. The first-order chi connectivity index (χ1) is 11.1. The highest BCUT2D eigenvalue weighted by atomic mass is 16.2. The fourth-order valence-electron chi connectivity index (χ4n) is 3.29. The van der Waals surface area contributed by atoms with Crippen molar-refractivity contribution >= 4 is 5.91 Å². The molecule has 1 aliphatic heterocycles. The Morgan fingerprint density at radius 2 is 2.13 bits per heavy atom. The van der Waals surface area contributed by atoms with Crippen LogP contribution in [0, 0.1) is 28.1 Å². The van der Waals surface area contributed by atoms with Gasteiger partial charge in [0, 0.05) is 19.3 Å². The molecule has 0 aromatic carbocycles. The molecule has 23 heavy (non-hydrogen) atoms. The molecule has 2 heterocycles. The first kappa shape index (κ1) is 17.0. The molecule has 0 saturated carbocycles. The van der Waals surface area contributed by atoms with Crippen molar-refractivity contribution in [1.29, 1.82) is 10.5 Å². The van der Waals surface area contributed by atoms with Crippen molar-refractivity contribution in [2.24, 2.45) is 5.41 Å². The van der Waals surface area contributed by atoms with Crippen molar-refractivity contribution in [1.82, 2.24) is 9.88 Å². The first-order valence-corrected chi connectivity index (χ1v) is 8.11. The highest BCUT2D eigenvalue weighted by Crippen LogP contribution is 2.36. The Kier molecular flexibility index (Phi) is 5.01. The van der Waals surface area contributed by atoms with Crippen molar-refractivity contribution in [2.45, 2.75) is 44.9 Å². The van der Waals surface area contributed by atoms with E-state index in [4.69, 9.17) is 0 Å². The molecule has 1 atom stereocenters. The molecule has 1 unspecified atom stereocenters. The lowest BCUT2D eigenvalue weighted by Gasteiger charge is -2.40. The van der Waals surface area contributed by atoms with E-state index >= 15 is 0 Å². The van der Waals surface area contributed by atoms with Crippen LogP contribution in [0.5, 0.6) is 0 Å². The molecule has 5 heteroatoms. The maximum Gasteiger partial charge on any atom is 0.243 e. The van der Waals surface area contributed by atoms with Crippen LogP contribution in [0.4, 0.5) is 0 Å². The normalized spacial score (nSPS) is 21.3. The van der Waals surface area contributed by atoms with E-state index in [0.29, 0.717) is 38.0 Å². The zero-order valence-corrected chi connectivity index (χ0v) is 13.7. The second-order valence-corrected chi connectivity index (χ2v) is 6.14. The van der Waals surface area contributed by atoms with E-state index in [-0.39, 0.29) is 5.91 Å². The Bertz CT molecular complexity index is 639. The van der Waals surface area contributed by atoms with Gasteiger partial charge in [0.05, 0.1) is 17.8 Å². The number of likely N-dealkylation sites (tertiary alicyclic amines) is 1. The summed E-state index contributed by atoms with van der Waals surface area (Å²) < 4.78 is 0. The molecule has 0 N–H and O–H groups in total. The van der Waals surface area contributed by atoms with Gasteiger partial charge in [-0.2, -0.15) is 10.5 Å². The van der Waals surface area contributed by atoms with E-state index in [1.807, 2.05) is 32.0 Å². The van der Waals surface area contributed by atoms with Crippen LogP contribution < -0.4 is 0 Å². The van der Waals surface area contributed by atoms with E-state index < -0.39 is 10.8 Å². The fraction of sp³-hybridized carbons (Fsp3) is 0.556. The number of piperidine rings is 1. The number of rotatable bonds is 4. The van der Waals surface area contributed by atoms with Crippen molar-refractivity contribution in [3.8, 4) is 12.1 Å². The predicted octanol–water partition coefficient (Wildman–Crippen LogP) is 2.80. The summed E-state index contributed by atoms with van der Waals surface area (Å²) in [6.07, 6.45) is 4.07. The van der Waals surface area contributed by atoms with Crippen LogP contribution in [-0.2, 0) is 10.2 Å². The first-order valence-electron chi connectivity index (χ1n) is 8.11. The predicted molar refractivity (Wildman–Crippen MR) is 86.0 cm³/mol. The van der Waals surface area contributed by atoms with Gasteiger partial charge in [0.1, 0.15) is 10.8 Å². The zero-order valence-electron chi connectivity index (χ0n) is 13.7. The van der Waals surface area contributed by atoms with Gasteiger partial charge in [-0.05, 0) is 37.8 Å². The fourth-order valence-corrected chi connectivity index (χ4v) is 3.29. The number of nitriles is 2. The molecule has 1 saturated heterocycles. The molecule has 1 aromatic heterocycles. The number of amides is 1. The number of pyridine rings is 1. The highest BCUT2D eigenvalue weighted by molar-refractivity contribution is 5.85. The molecule has 1 amide bonds. The van der Waals surface area contributed by atoms with E-state index in [2.05, 4.69) is 17.1 Å². The van der Waals surface area contributed by atoms with Gasteiger partial charge in [-0.1, -0.05) is 19.9 Å². The molecular formula is C18H22N4O. The molecule has 120 valence electrons. The van der Waals surface area contributed by atoms with Gasteiger partial charge >= 0.3 is 0 Å². The average Bonchev–Trinajstić information content (AvgIpc) is 2.64. The van der Waals surface area contributed by atoms with Crippen molar-refractivity contribution in [2.75, 3.05) is 13.1 Å². The standard InChI is InChI=1S/C18H22N4O/c1-3-17(4-2,12-19)16(23)22-11-7-9-18(13-20,14-22)15-8-5-6-10-21-15/h5-6,8,10H,3-4,7,9,11,14H2,1-2H3. The summed E-state index contributed by atoms with van der Waals surface area (Å²) >= 11 is 0. The van der Waals surface area contributed by atoms with Crippen LogP contribution in [0.25, 0.3) is 0 Å². The highest BCUT2D eigenvalue weighted by Gasteiger charge is 2.45.